The number of benzene rings is 1. The van der Waals surface area contributed by atoms with Gasteiger partial charge in [0, 0.05) is 24.5 Å². The maximum Gasteiger partial charge on any atom is 0.253 e. The van der Waals surface area contributed by atoms with Gasteiger partial charge in [0.2, 0.25) is 0 Å². The van der Waals surface area contributed by atoms with Crippen molar-refractivity contribution in [2.24, 2.45) is 0 Å². The molecule has 0 saturated heterocycles. The van der Waals surface area contributed by atoms with E-state index in [2.05, 4.69) is 25.5 Å². The Hall–Kier alpha value is -2.76. The van der Waals surface area contributed by atoms with E-state index >= 15 is 0 Å². The van der Waals surface area contributed by atoms with Crippen molar-refractivity contribution in [3.05, 3.63) is 54.2 Å². The van der Waals surface area contributed by atoms with Crippen LogP contribution in [0, 0.1) is 0 Å². The molecule has 0 saturated carbocycles. The Kier molecular flexibility index (Phi) is 3.36. The molecule has 1 aromatic carbocycles. The summed E-state index contributed by atoms with van der Waals surface area (Å²) in [6, 6.07) is 9.36. The minimum Gasteiger partial charge on any atom is -0.352 e. The number of para-hydroxylation sites is 1. The van der Waals surface area contributed by atoms with Gasteiger partial charge in [-0.1, -0.05) is 18.2 Å². The lowest BCUT2D eigenvalue weighted by Crippen LogP contribution is -2.26. The number of carbonyl (C=O) groups is 1. The van der Waals surface area contributed by atoms with Crippen LogP contribution in [0.1, 0.15) is 16.2 Å². The van der Waals surface area contributed by atoms with E-state index < -0.39 is 0 Å². The second-order valence-electron chi connectivity index (χ2n) is 4.32. The summed E-state index contributed by atoms with van der Waals surface area (Å²) in [5, 5.41) is 10.3. The number of rotatable bonds is 4. The first kappa shape index (κ1) is 12.3. The molecule has 6 heteroatoms. The number of nitrogens with one attached hydrogen (secondary N) is 2. The van der Waals surface area contributed by atoms with Crippen molar-refractivity contribution in [1.82, 2.24) is 25.5 Å². The fourth-order valence-electron chi connectivity index (χ4n) is 2.03. The maximum absolute atomic E-state index is 12.2. The lowest BCUT2D eigenvalue weighted by molar-refractivity contribution is 0.0955. The van der Waals surface area contributed by atoms with Crippen molar-refractivity contribution in [2.45, 2.75) is 6.42 Å². The topological polar surface area (TPSA) is 83.6 Å². The number of hydrogen-bond acceptors (Lipinski definition) is 4. The van der Waals surface area contributed by atoms with Gasteiger partial charge in [-0.3, -0.25) is 14.9 Å². The van der Waals surface area contributed by atoms with Crippen molar-refractivity contribution in [3.63, 3.8) is 0 Å². The normalized spacial score (nSPS) is 10.6. The van der Waals surface area contributed by atoms with Gasteiger partial charge in [0.15, 0.2) is 0 Å². The zero-order chi connectivity index (χ0) is 13.8. The van der Waals surface area contributed by atoms with Gasteiger partial charge in [0.1, 0.15) is 12.2 Å². The van der Waals surface area contributed by atoms with Crippen LogP contribution in [0.5, 0.6) is 0 Å². The molecule has 3 aromatic rings. The third-order valence-electron chi connectivity index (χ3n) is 2.99. The summed E-state index contributed by atoms with van der Waals surface area (Å²) in [6.45, 7) is 0.497. The van der Waals surface area contributed by atoms with E-state index in [9.17, 15) is 4.79 Å². The number of amides is 1. The third kappa shape index (κ3) is 2.49. The van der Waals surface area contributed by atoms with E-state index in [0.29, 0.717) is 24.0 Å². The molecular formula is C14H13N5O. The highest BCUT2D eigenvalue weighted by atomic mass is 16.1. The number of H-pyrrole nitrogens is 1. The quantitative estimate of drug-likeness (QED) is 0.747. The standard InChI is InChI=1S/C14H13N5O/c20-14(16-8-6-12-17-9-18-19-12)11-5-1-3-10-4-2-7-15-13(10)11/h1-5,7,9H,6,8H2,(H,16,20)(H,17,18,19). The summed E-state index contributed by atoms with van der Waals surface area (Å²) < 4.78 is 0. The molecule has 0 aliphatic carbocycles. The molecular weight excluding hydrogens is 254 g/mol. The number of pyridine rings is 1. The van der Waals surface area contributed by atoms with Crippen LogP contribution >= 0.6 is 0 Å². The molecule has 0 bridgehead atoms. The highest BCUT2D eigenvalue weighted by molar-refractivity contribution is 6.05. The zero-order valence-electron chi connectivity index (χ0n) is 10.7. The molecule has 0 spiro atoms. The SMILES string of the molecule is O=C(NCCc1ncn[nH]1)c1cccc2cccnc12. The van der Waals surface area contributed by atoms with Gasteiger partial charge in [-0.25, -0.2) is 4.98 Å². The van der Waals surface area contributed by atoms with E-state index in [0.717, 1.165) is 11.2 Å². The van der Waals surface area contributed by atoms with Crippen molar-refractivity contribution in [1.29, 1.82) is 0 Å². The number of aromatic nitrogens is 4. The molecule has 20 heavy (non-hydrogen) atoms. The predicted molar refractivity (Wildman–Crippen MR) is 74.2 cm³/mol. The monoisotopic (exact) mass is 267 g/mol. The molecule has 6 nitrogen and oxygen atoms in total. The summed E-state index contributed by atoms with van der Waals surface area (Å²) >= 11 is 0. The lowest BCUT2D eigenvalue weighted by atomic mass is 10.1. The summed E-state index contributed by atoms with van der Waals surface area (Å²) in [4.78, 5) is 20.5. The van der Waals surface area contributed by atoms with Crippen molar-refractivity contribution in [3.8, 4) is 0 Å². The molecule has 0 fully saturated rings. The van der Waals surface area contributed by atoms with Crippen LogP contribution in [0.4, 0.5) is 0 Å². The number of fused-ring (bicyclic) bond motifs is 1. The van der Waals surface area contributed by atoms with E-state index in [-0.39, 0.29) is 5.91 Å². The molecule has 0 aliphatic rings. The van der Waals surface area contributed by atoms with Crippen LogP contribution in [0.15, 0.2) is 42.9 Å². The molecule has 0 aliphatic heterocycles. The minimum absolute atomic E-state index is 0.131. The number of hydrogen-bond donors (Lipinski definition) is 2. The summed E-state index contributed by atoms with van der Waals surface area (Å²) in [6.07, 6.45) is 3.75. The Morgan fingerprint density at radius 2 is 2.10 bits per heavy atom. The Morgan fingerprint density at radius 1 is 1.20 bits per heavy atom. The van der Waals surface area contributed by atoms with Crippen molar-refractivity contribution in [2.75, 3.05) is 6.54 Å². The summed E-state index contributed by atoms with van der Waals surface area (Å²) in [5.41, 5.74) is 1.30. The molecule has 1 amide bonds. The number of carbonyl (C=O) groups excluding carboxylic acids is 1. The smallest absolute Gasteiger partial charge is 0.253 e. The molecule has 100 valence electrons. The molecule has 0 atom stereocenters. The van der Waals surface area contributed by atoms with E-state index in [1.54, 1.807) is 12.3 Å². The van der Waals surface area contributed by atoms with Gasteiger partial charge in [-0.05, 0) is 12.1 Å². The zero-order valence-corrected chi connectivity index (χ0v) is 10.7. The van der Waals surface area contributed by atoms with Crippen molar-refractivity contribution >= 4 is 16.8 Å². The second-order valence-corrected chi connectivity index (χ2v) is 4.32. The molecule has 2 N–H and O–H groups in total. The highest BCUT2D eigenvalue weighted by Crippen LogP contribution is 2.15. The largest absolute Gasteiger partial charge is 0.352 e. The number of nitrogens with zero attached hydrogens (tertiary/aromatic N) is 3. The van der Waals surface area contributed by atoms with Gasteiger partial charge in [-0.15, -0.1) is 0 Å². The van der Waals surface area contributed by atoms with Crippen LogP contribution in [0.25, 0.3) is 10.9 Å². The Balaban J connectivity index is 1.72. The van der Waals surface area contributed by atoms with E-state index in [1.165, 1.54) is 6.33 Å². The molecule has 2 aromatic heterocycles. The van der Waals surface area contributed by atoms with Crippen LogP contribution in [-0.2, 0) is 6.42 Å². The number of aromatic amines is 1. The molecule has 0 unspecified atom stereocenters. The van der Waals surface area contributed by atoms with Gasteiger partial charge in [0.25, 0.3) is 5.91 Å². The van der Waals surface area contributed by atoms with Crippen LogP contribution in [-0.4, -0.2) is 32.6 Å². The minimum atomic E-state index is -0.131. The lowest BCUT2D eigenvalue weighted by Gasteiger charge is -2.06. The summed E-state index contributed by atoms with van der Waals surface area (Å²) in [7, 11) is 0. The van der Waals surface area contributed by atoms with E-state index in [1.807, 2.05) is 24.3 Å². The Bertz CT molecular complexity index is 718. The third-order valence-corrected chi connectivity index (χ3v) is 2.99. The maximum atomic E-state index is 12.2. The van der Waals surface area contributed by atoms with Crippen LogP contribution in [0.3, 0.4) is 0 Å². The fourth-order valence-corrected chi connectivity index (χ4v) is 2.03. The average molecular weight is 267 g/mol. The van der Waals surface area contributed by atoms with Gasteiger partial charge < -0.3 is 5.32 Å². The summed E-state index contributed by atoms with van der Waals surface area (Å²) in [5.74, 6) is 0.621. The van der Waals surface area contributed by atoms with Gasteiger partial charge >= 0.3 is 0 Å². The van der Waals surface area contributed by atoms with Crippen LogP contribution < -0.4 is 5.32 Å². The van der Waals surface area contributed by atoms with Gasteiger partial charge in [0.05, 0.1) is 11.1 Å². The van der Waals surface area contributed by atoms with Crippen LogP contribution in [0.2, 0.25) is 0 Å². The van der Waals surface area contributed by atoms with E-state index in [4.69, 9.17) is 0 Å². The van der Waals surface area contributed by atoms with Gasteiger partial charge in [-0.2, -0.15) is 5.10 Å². The first-order valence-electron chi connectivity index (χ1n) is 6.31. The highest BCUT2D eigenvalue weighted by Gasteiger charge is 2.10. The molecule has 3 rings (SSSR count). The first-order chi connectivity index (χ1) is 9.84. The Labute approximate surface area is 115 Å². The second kappa shape index (κ2) is 5.48. The molecule has 0 radical (unpaired) electrons. The first-order valence-corrected chi connectivity index (χ1v) is 6.31. The molecule has 2 heterocycles. The Morgan fingerprint density at radius 3 is 2.95 bits per heavy atom. The fraction of sp³-hybridized carbons (Fsp3) is 0.143. The average Bonchev–Trinajstić information content (AvgIpc) is 3.00. The van der Waals surface area contributed by atoms with Crippen molar-refractivity contribution < 1.29 is 4.79 Å². The predicted octanol–water partition coefficient (Wildman–Crippen LogP) is 1.33.